The molecule has 2 aromatic rings. The van der Waals surface area contributed by atoms with Gasteiger partial charge in [0.2, 0.25) is 0 Å². The number of nitrogens with zero attached hydrogens (tertiary/aromatic N) is 3. The van der Waals surface area contributed by atoms with Crippen molar-refractivity contribution in [1.82, 2.24) is 25.4 Å². The maximum absolute atomic E-state index is 12.8. The average Bonchev–Trinajstić information content (AvgIpc) is 3.24. The maximum Gasteiger partial charge on any atom is 0.414 e. The lowest BCUT2D eigenvalue weighted by molar-refractivity contribution is -0.0449. The number of aryl methyl sites for hydroxylation is 1. The van der Waals surface area contributed by atoms with Gasteiger partial charge in [-0.15, -0.1) is 0 Å². The fourth-order valence-corrected chi connectivity index (χ4v) is 6.46. The van der Waals surface area contributed by atoms with Crippen LogP contribution in [0.25, 0.3) is 0 Å². The summed E-state index contributed by atoms with van der Waals surface area (Å²) in [6, 6.07) is 1.73. The van der Waals surface area contributed by atoms with Crippen LogP contribution in [0.2, 0.25) is 0 Å². The van der Waals surface area contributed by atoms with Crippen LogP contribution in [-0.4, -0.2) is 37.8 Å². The normalized spacial score (nSPS) is 32.9. The van der Waals surface area contributed by atoms with E-state index in [0.717, 1.165) is 32.1 Å². The van der Waals surface area contributed by atoms with E-state index in [9.17, 15) is 9.59 Å². The number of ether oxygens (including phenoxy) is 1. The Morgan fingerprint density at radius 1 is 1.21 bits per heavy atom. The highest BCUT2D eigenvalue weighted by Gasteiger charge is 2.59. The number of aromatic nitrogens is 3. The Bertz CT molecular complexity index is 895. The van der Waals surface area contributed by atoms with Crippen molar-refractivity contribution in [2.24, 2.45) is 18.9 Å². The fraction of sp³-hybridized carbons (Fsp3) is 0.579. The van der Waals surface area contributed by atoms with Gasteiger partial charge >= 0.3 is 6.09 Å². The molecule has 4 aliphatic carbocycles. The third-order valence-corrected chi connectivity index (χ3v) is 6.99. The Hall–Kier alpha value is -2.42. The standard InChI is InChI=1S/C19H23N5O3S/c1-24-4-2-14(23-24)15(25)21-18-7-12-6-13(8-18)10-19(9-12,11-18)22-16(26)27-17-20-3-5-28-17/h2-5,12-13H,6-11H2,1H3,(H,21,25)(H,22,26). The van der Waals surface area contributed by atoms with E-state index in [2.05, 4.69) is 20.7 Å². The zero-order chi connectivity index (χ0) is 19.4. The van der Waals surface area contributed by atoms with Crippen LogP contribution < -0.4 is 15.4 Å². The van der Waals surface area contributed by atoms with Gasteiger partial charge in [0.1, 0.15) is 5.69 Å². The van der Waals surface area contributed by atoms with Gasteiger partial charge in [-0.2, -0.15) is 5.10 Å². The zero-order valence-electron chi connectivity index (χ0n) is 15.7. The lowest BCUT2D eigenvalue weighted by Crippen LogP contribution is -2.70. The molecule has 9 heteroatoms. The molecule has 2 heterocycles. The van der Waals surface area contributed by atoms with Gasteiger partial charge in [-0.05, 0) is 56.4 Å². The second kappa shape index (κ2) is 6.30. The third kappa shape index (κ3) is 3.17. The van der Waals surface area contributed by atoms with E-state index in [0.29, 0.717) is 22.7 Å². The van der Waals surface area contributed by atoms with Gasteiger partial charge in [-0.1, -0.05) is 11.3 Å². The molecule has 2 amide bonds. The highest BCUT2D eigenvalue weighted by atomic mass is 32.1. The second-order valence-corrected chi connectivity index (χ2v) is 9.52. The number of hydrogen-bond donors (Lipinski definition) is 2. The van der Waals surface area contributed by atoms with E-state index in [-0.39, 0.29) is 17.0 Å². The van der Waals surface area contributed by atoms with Crippen molar-refractivity contribution in [3.8, 4) is 5.19 Å². The van der Waals surface area contributed by atoms with Crippen molar-refractivity contribution in [2.45, 2.75) is 49.6 Å². The molecule has 2 N–H and O–H groups in total. The maximum atomic E-state index is 12.8. The number of carbonyl (C=O) groups is 2. The first kappa shape index (κ1) is 17.7. The van der Waals surface area contributed by atoms with Crippen LogP contribution in [0.3, 0.4) is 0 Å². The summed E-state index contributed by atoms with van der Waals surface area (Å²) in [7, 11) is 1.80. The third-order valence-electron chi connectivity index (χ3n) is 6.34. The van der Waals surface area contributed by atoms with Gasteiger partial charge < -0.3 is 15.4 Å². The van der Waals surface area contributed by atoms with Gasteiger partial charge in [-0.25, -0.2) is 9.78 Å². The minimum Gasteiger partial charge on any atom is -0.381 e. The molecule has 148 valence electrons. The van der Waals surface area contributed by atoms with Crippen LogP contribution in [-0.2, 0) is 7.05 Å². The summed E-state index contributed by atoms with van der Waals surface area (Å²) in [6.45, 7) is 0. The minimum absolute atomic E-state index is 0.136. The predicted molar refractivity (Wildman–Crippen MR) is 102 cm³/mol. The number of amides is 2. The van der Waals surface area contributed by atoms with Crippen LogP contribution in [0.15, 0.2) is 23.8 Å². The van der Waals surface area contributed by atoms with Crippen molar-refractivity contribution in [1.29, 1.82) is 0 Å². The number of nitrogens with one attached hydrogen (secondary N) is 2. The van der Waals surface area contributed by atoms with Crippen molar-refractivity contribution >= 4 is 23.3 Å². The lowest BCUT2D eigenvalue weighted by atomic mass is 9.50. The Morgan fingerprint density at radius 3 is 2.54 bits per heavy atom. The first-order valence-electron chi connectivity index (χ1n) is 9.64. The van der Waals surface area contributed by atoms with E-state index < -0.39 is 6.09 Å². The van der Waals surface area contributed by atoms with E-state index in [4.69, 9.17) is 4.74 Å². The Morgan fingerprint density at radius 2 is 1.93 bits per heavy atom. The molecule has 0 saturated heterocycles. The van der Waals surface area contributed by atoms with Gasteiger partial charge in [0.05, 0.1) is 0 Å². The lowest BCUT2D eigenvalue weighted by Gasteiger charge is -2.61. The Kier molecular flexibility index (Phi) is 3.97. The molecule has 0 radical (unpaired) electrons. The molecular formula is C19H23N5O3S. The molecule has 2 unspecified atom stereocenters. The Labute approximate surface area is 166 Å². The van der Waals surface area contributed by atoms with Crippen LogP contribution in [0.4, 0.5) is 4.79 Å². The van der Waals surface area contributed by atoms with E-state index in [1.54, 1.807) is 35.6 Å². The summed E-state index contributed by atoms with van der Waals surface area (Å²) < 4.78 is 6.97. The summed E-state index contributed by atoms with van der Waals surface area (Å²) in [5.74, 6) is 0.874. The molecule has 4 saturated carbocycles. The quantitative estimate of drug-likeness (QED) is 0.820. The highest BCUT2D eigenvalue weighted by molar-refractivity contribution is 7.11. The molecule has 6 rings (SSSR count). The van der Waals surface area contributed by atoms with Crippen molar-refractivity contribution in [3.05, 3.63) is 29.5 Å². The molecule has 0 aliphatic heterocycles. The second-order valence-electron chi connectivity index (χ2n) is 8.66. The first-order chi connectivity index (χ1) is 13.4. The summed E-state index contributed by atoms with van der Waals surface area (Å²) in [4.78, 5) is 29.3. The largest absolute Gasteiger partial charge is 0.414 e. The molecule has 0 spiro atoms. The molecule has 8 nitrogen and oxygen atoms in total. The van der Waals surface area contributed by atoms with Gasteiger partial charge in [0.25, 0.3) is 11.1 Å². The SMILES string of the molecule is Cn1ccc(C(=O)NC23CC4CC(CC(NC(=O)Oc5nccs5)(C4)C2)C3)n1. The average molecular weight is 401 g/mol. The van der Waals surface area contributed by atoms with Crippen LogP contribution in [0.5, 0.6) is 5.19 Å². The van der Waals surface area contributed by atoms with Crippen molar-refractivity contribution in [2.75, 3.05) is 0 Å². The van der Waals surface area contributed by atoms with E-state index in [1.165, 1.54) is 17.8 Å². The van der Waals surface area contributed by atoms with Gasteiger partial charge in [-0.3, -0.25) is 9.48 Å². The number of hydrogen-bond acceptors (Lipinski definition) is 6. The molecule has 28 heavy (non-hydrogen) atoms. The van der Waals surface area contributed by atoms with Crippen LogP contribution in [0.1, 0.15) is 49.0 Å². The first-order valence-corrected chi connectivity index (χ1v) is 10.5. The molecule has 4 bridgehead atoms. The fourth-order valence-electron chi connectivity index (χ4n) is 5.98. The molecule has 0 aromatic carbocycles. The number of thiazole rings is 1. The minimum atomic E-state index is -0.455. The highest BCUT2D eigenvalue weighted by Crippen LogP contribution is 2.57. The van der Waals surface area contributed by atoms with Gasteiger partial charge in [0.15, 0.2) is 0 Å². The summed E-state index contributed by atoms with van der Waals surface area (Å²) >= 11 is 1.29. The van der Waals surface area contributed by atoms with Crippen LogP contribution >= 0.6 is 11.3 Å². The predicted octanol–water partition coefficient (Wildman–Crippen LogP) is 2.49. The summed E-state index contributed by atoms with van der Waals surface area (Å²) in [5.41, 5.74) is -0.174. The van der Waals surface area contributed by atoms with Crippen molar-refractivity contribution in [3.63, 3.8) is 0 Å². The summed E-state index contributed by atoms with van der Waals surface area (Å²) in [5, 5.41) is 12.8. The number of rotatable bonds is 4. The molecule has 4 aliphatic rings. The van der Waals surface area contributed by atoms with E-state index in [1.807, 2.05) is 0 Å². The molecule has 2 aromatic heterocycles. The molecular weight excluding hydrogens is 378 g/mol. The number of carbonyl (C=O) groups excluding carboxylic acids is 2. The molecule has 2 atom stereocenters. The zero-order valence-corrected chi connectivity index (χ0v) is 16.5. The monoisotopic (exact) mass is 401 g/mol. The Balaban J connectivity index is 1.33. The molecule has 4 fully saturated rings. The smallest absolute Gasteiger partial charge is 0.381 e. The van der Waals surface area contributed by atoms with E-state index >= 15 is 0 Å². The van der Waals surface area contributed by atoms with Crippen molar-refractivity contribution < 1.29 is 14.3 Å². The van der Waals surface area contributed by atoms with Gasteiger partial charge in [0, 0.05) is 35.9 Å². The van der Waals surface area contributed by atoms with Crippen LogP contribution in [0, 0.1) is 11.8 Å². The summed E-state index contributed by atoms with van der Waals surface area (Å²) in [6.07, 6.45) is 8.65. The topological polar surface area (TPSA) is 98.1 Å².